The Hall–Kier alpha value is -5.08. The zero-order valence-electron chi connectivity index (χ0n) is 20.4. The van der Waals surface area contributed by atoms with Gasteiger partial charge in [-0.15, -0.1) is 0 Å². The molecule has 0 unspecified atom stereocenters. The third-order valence-corrected chi connectivity index (χ3v) is 8.35. The molecule has 0 spiro atoms. The van der Waals surface area contributed by atoms with Gasteiger partial charge in [0.25, 0.3) is 0 Å². The molecular formula is C36H20N2. The molecular weight excluding hydrogens is 460 g/mol. The molecule has 0 fully saturated rings. The number of fused-ring (bicyclic) bond motifs is 3. The predicted molar refractivity (Wildman–Crippen MR) is 159 cm³/mol. The molecule has 38 heavy (non-hydrogen) atoms. The first kappa shape index (κ1) is 20.0. The van der Waals surface area contributed by atoms with Gasteiger partial charge in [0, 0.05) is 46.7 Å². The molecule has 0 amide bonds. The number of hydrogen-bond acceptors (Lipinski definition) is 2. The van der Waals surface area contributed by atoms with Crippen molar-refractivity contribution in [2.24, 2.45) is 0 Å². The lowest BCUT2D eigenvalue weighted by Gasteiger charge is -2.12. The van der Waals surface area contributed by atoms with Gasteiger partial charge in [-0.25, -0.2) is 0 Å². The molecule has 174 valence electrons. The second-order valence-electron chi connectivity index (χ2n) is 10.2. The number of rotatable bonds is 2. The van der Waals surface area contributed by atoms with E-state index in [0.29, 0.717) is 0 Å². The Balaban J connectivity index is 1.40. The molecule has 0 saturated heterocycles. The van der Waals surface area contributed by atoms with Crippen molar-refractivity contribution in [3.05, 3.63) is 122 Å². The van der Waals surface area contributed by atoms with Crippen molar-refractivity contribution in [2.45, 2.75) is 0 Å². The minimum Gasteiger partial charge on any atom is -0.263 e. The van der Waals surface area contributed by atoms with Gasteiger partial charge in [0.1, 0.15) is 0 Å². The van der Waals surface area contributed by atoms with Crippen LogP contribution in [0.2, 0.25) is 0 Å². The molecule has 8 aromatic rings. The average molecular weight is 481 g/mol. The molecule has 0 aliphatic heterocycles. The topological polar surface area (TPSA) is 25.8 Å². The van der Waals surface area contributed by atoms with Crippen LogP contribution in [0.15, 0.2) is 122 Å². The molecule has 0 saturated carbocycles. The first-order chi connectivity index (χ1) is 18.9. The van der Waals surface area contributed by atoms with Crippen LogP contribution in [0.4, 0.5) is 0 Å². The van der Waals surface area contributed by atoms with E-state index in [1.54, 1.807) is 0 Å². The first-order valence-corrected chi connectivity index (χ1v) is 13.0. The third kappa shape index (κ3) is 2.51. The number of nitrogens with zero attached hydrogens (tertiary/aromatic N) is 2. The summed E-state index contributed by atoms with van der Waals surface area (Å²) in [5.74, 6) is 0. The molecule has 1 aliphatic rings. The number of benzene rings is 6. The summed E-state index contributed by atoms with van der Waals surface area (Å²) in [7, 11) is 0. The van der Waals surface area contributed by atoms with Gasteiger partial charge in [-0.05, 0) is 65.3 Å². The molecule has 0 bridgehead atoms. The molecule has 2 heterocycles. The fraction of sp³-hybridized carbons (Fsp3) is 0. The molecule has 0 atom stereocenters. The summed E-state index contributed by atoms with van der Waals surface area (Å²) in [6, 6.07) is 35.4. The lowest BCUT2D eigenvalue weighted by atomic mass is 9.92. The number of aromatic nitrogens is 2. The number of hydrogen-bond donors (Lipinski definition) is 0. The van der Waals surface area contributed by atoms with Crippen LogP contribution in [0.5, 0.6) is 0 Å². The summed E-state index contributed by atoms with van der Waals surface area (Å²) in [4.78, 5) is 9.18. The van der Waals surface area contributed by atoms with Crippen molar-refractivity contribution in [1.29, 1.82) is 0 Å². The van der Waals surface area contributed by atoms with E-state index in [-0.39, 0.29) is 0 Å². The highest BCUT2D eigenvalue weighted by Gasteiger charge is 2.24. The van der Waals surface area contributed by atoms with Crippen LogP contribution in [0.1, 0.15) is 0 Å². The molecule has 0 N–H and O–H groups in total. The highest BCUT2D eigenvalue weighted by molar-refractivity contribution is 6.35. The lowest BCUT2D eigenvalue weighted by molar-refractivity contribution is 1.36. The van der Waals surface area contributed by atoms with Gasteiger partial charge in [-0.1, -0.05) is 97.1 Å². The van der Waals surface area contributed by atoms with Crippen LogP contribution in [0.25, 0.3) is 87.2 Å². The summed E-state index contributed by atoms with van der Waals surface area (Å²) in [6.07, 6.45) is 7.92. The maximum atomic E-state index is 4.59. The van der Waals surface area contributed by atoms with Gasteiger partial charge < -0.3 is 0 Å². The standard InChI is InChI=1S/C36H20N2/c1-3-7-24-22(5-1)17-37-19-32(24)26-13-15-30-31-16-14-27(33-20-38-18-23-6-2-4-8-25(23)33)29-12-10-21-9-11-28(26)35(30)34(21)36(29)31/h1-20H. The zero-order chi connectivity index (χ0) is 24.8. The molecule has 6 aromatic carbocycles. The normalized spacial score (nSPS) is 12.2. The van der Waals surface area contributed by atoms with E-state index >= 15 is 0 Å². The first-order valence-electron chi connectivity index (χ1n) is 13.0. The summed E-state index contributed by atoms with van der Waals surface area (Å²) >= 11 is 0. The van der Waals surface area contributed by atoms with Crippen molar-refractivity contribution in [1.82, 2.24) is 9.97 Å². The highest BCUT2D eigenvalue weighted by atomic mass is 14.6. The van der Waals surface area contributed by atoms with Crippen molar-refractivity contribution < 1.29 is 0 Å². The van der Waals surface area contributed by atoms with E-state index in [2.05, 4.69) is 107 Å². The molecule has 2 nitrogen and oxygen atoms in total. The average Bonchev–Trinajstić information content (AvgIpc) is 3.33. The minimum absolute atomic E-state index is 1.16. The van der Waals surface area contributed by atoms with Crippen LogP contribution >= 0.6 is 0 Å². The third-order valence-electron chi connectivity index (χ3n) is 8.35. The van der Waals surface area contributed by atoms with Crippen LogP contribution in [0.3, 0.4) is 0 Å². The maximum Gasteiger partial charge on any atom is 0.0353 e. The predicted octanol–water partition coefficient (Wildman–Crippen LogP) is 9.56. The minimum atomic E-state index is 1.16. The Labute approximate surface area is 218 Å². The summed E-state index contributed by atoms with van der Waals surface area (Å²) < 4.78 is 0. The summed E-state index contributed by atoms with van der Waals surface area (Å²) in [5, 5.41) is 12.7. The van der Waals surface area contributed by atoms with Crippen molar-refractivity contribution in [2.75, 3.05) is 0 Å². The fourth-order valence-electron chi connectivity index (χ4n) is 6.69. The fourth-order valence-corrected chi connectivity index (χ4v) is 6.69. The molecule has 2 aromatic heterocycles. The van der Waals surface area contributed by atoms with E-state index in [0.717, 1.165) is 10.8 Å². The summed E-state index contributed by atoms with van der Waals surface area (Å²) in [5.41, 5.74) is 7.46. The lowest BCUT2D eigenvalue weighted by Crippen LogP contribution is -1.87. The number of pyridine rings is 2. The van der Waals surface area contributed by atoms with Gasteiger partial charge in [-0.3, -0.25) is 9.97 Å². The van der Waals surface area contributed by atoms with Crippen LogP contribution in [0, 0.1) is 0 Å². The highest BCUT2D eigenvalue weighted by Crippen LogP contribution is 2.51. The Morgan fingerprint density at radius 2 is 0.763 bits per heavy atom. The van der Waals surface area contributed by atoms with E-state index in [4.69, 9.17) is 0 Å². The largest absolute Gasteiger partial charge is 0.263 e. The van der Waals surface area contributed by atoms with Crippen molar-refractivity contribution in [3.63, 3.8) is 0 Å². The van der Waals surface area contributed by atoms with Gasteiger partial charge in [0.15, 0.2) is 0 Å². The summed E-state index contributed by atoms with van der Waals surface area (Å²) in [6.45, 7) is 0. The maximum absolute atomic E-state index is 4.59. The van der Waals surface area contributed by atoms with Gasteiger partial charge in [0.05, 0.1) is 0 Å². The Kier molecular flexibility index (Phi) is 3.82. The Morgan fingerprint density at radius 1 is 0.289 bits per heavy atom. The molecule has 1 aliphatic carbocycles. The van der Waals surface area contributed by atoms with E-state index in [1.165, 1.54) is 76.5 Å². The van der Waals surface area contributed by atoms with E-state index in [1.807, 2.05) is 24.8 Å². The van der Waals surface area contributed by atoms with Crippen LogP contribution < -0.4 is 0 Å². The van der Waals surface area contributed by atoms with Gasteiger partial charge >= 0.3 is 0 Å². The Bertz CT molecular complexity index is 2120. The van der Waals surface area contributed by atoms with Crippen LogP contribution in [-0.2, 0) is 0 Å². The van der Waals surface area contributed by atoms with Crippen molar-refractivity contribution in [3.8, 4) is 33.4 Å². The molecule has 2 heteroatoms. The smallest absolute Gasteiger partial charge is 0.0353 e. The van der Waals surface area contributed by atoms with Crippen LogP contribution in [-0.4, -0.2) is 9.97 Å². The molecule has 0 radical (unpaired) electrons. The SMILES string of the molecule is c1ccc2c(-c3ccc4c5c3ccc3ccc6c(-c7cncc8ccccc78)ccc-4c6c35)cncc2c1. The van der Waals surface area contributed by atoms with Gasteiger partial charge in [0.2, 0.25) is 0 Å². The van der Waals surface area contributed by atoms with Gasteiger partial charge in [-0.2, -0.15) is 0 Å². The van der Waals surface area contributed by atoms with E-state index in [9.17, 15) is 0 Å². The monoisotopic (exact) mass is 480 g/mol. The molecule has 9 rings (SSSR count). The second kappa shape index (κ2) is 7.24. The Morgan fingerprint density at radius 3 is 1.29 bits per heavy atom. The van der Waals surface area contributed by atoms with Crippen molar-refractivity contribution >= 4 is 53.9 Å². The zero-order valence-corrected chi connectivity index (χ0v) is 20.4. The second-order valence-corrected chi connectivity index (χ2v) is 10.2. The van der Waals surface area contributed by atoms with E-state index < -0.39 is 0 Å². The quantitative estimate of drug-likeness (QED) is 0.230.